The third-order valence-corrected chi connectivity index (χ3v) is 6.39. The Labute approximate surface area is 220 Å². The molecule has 1 aliphatic rings. The Morgan fingerprint density at radius 2 is 1.64 bits per heavy atom. The summed E-state index contributed by atoms with van der Waals surface area (Å²) >= 11 is 14.9. The molecule has 1 saturated carbocycles. The first-order valence-electron chi connectivity index (χ1n) is 10.3. The van der Waals surface area contributed by atoms with Crippen LogP contribution in [0.5, 0.6) is 0 Å². The summed E-state index contributed by atoms with van der Waals surface area (Å²) in [4.78, 5) is 24.8. The molecule has 3 rings (SSSR count). The molecule has 194 valence electrons. The van der Waals surface area contributed by atoms with Crippen LogP contribution in [0.4, 0.5) is 26.3 Å². The highest BCUT2D eigenvalue weighted by atomic mass is 79.9. The van der Waals surface area contributed by atoms with Gasteiger partial charge in [0.2, 0.25) is 5.91 Å². The van der Waals surface area contributed by atoms with E-state index in [4.69, 9.17) is 23.2 Å². The molecule has 2 N–H and O–H groups in total. The third kappa shape index (κ3) is 7.39. The predicted octanol–water partition coefficient (Wildman–Crippen LogP) is 7.06. The van der Waals surface area contributed by atoms with Crippen molar-refractivity contribution in [3.8, 4) is 0 Å². The number of nitrogens with one attached hydrogen (secondary N) is 2. The molecular weight excluding hydrogens is 601 g/mol. The van der Waals surface area contributed by atoms with Gasteiger partial charge in [-0.05, 0) is 70.2 Å². The summed E-state index contributed by atoms with van der Waals surface area (Å²) in [5.41, 5.74) is -1.20. The van der Waals surface area contributed by atoms with E-state index in [0.717, 1.165) is 18.2 Å². The van der Waals surface area contributed by atoms with Crippen molar-refractivity contribution in [3.63, 3.8) is 0 Å². The van der Waals surface area contributed by atoms with Crippen LogP contribution < -0.4 is 10.6 Å². The average molecular weight is 618 g/mol. The minimum absolute atomic E-state index is 0.0519. The van der Waals surface area contributed by atoms with Gasteiger partial charge in [-0.15, -0.1) is 0 Å². The first-order valence-corrected chi connectivity index (χ1v) is 11.8. The molecule has 13 heteroatoms. The molecule has 1 fully saturated rings. The van der Waals surface area contributed by atoms with E-state index < -0.39 is 42.2 Å². The van der Waals surface area contributed by atoms with Gasteiger partial charge < -0.3 is 10.6 Å². The maximum Gasteiger partial charge on any atom is 0.405 e. The number of halogens is 9. The molecule has 2 aromatic rings. The van der Waals surface area contributed by atoms with E-state index in [9.17, 15) is 35.9 Å². The number of alkyl halides is 6. The minimum Gasteiger partial charge on any atom is -0.345 e. The summed E-state index contributed by atoms with van der Waals surface area (Å²) in [6, 6.07) is 7.75. The smallest absolute Gasteiger partial charge is 0.345 e. The lowest BCUT2D eigenvalue weighted by molar-refractivity contribution is -0.140. The fourth-order valence-electron chi connectivity index (χ4n) is 3.36. The van der Waals surface area contributed by atoms with Crippen LogP contribution in [-0.4, -0.2) is 36.3 Å². The summed E-state index contributed by atoms with van der Waals surface area (Å²) < 4.78 is 78.3. The van der Waals surface area contributed by atoms with Gasteiger partial charge in [0.25, 0.3) is 5.91 Å². The van der Waals surface area contributed by atoms with E-state index in [0.29, 0.717) is 5.56 Å². The molecule has 0 radical (unpaired) electrons. The van der Waals surface area contributed by atoms with Crippen LogP contribution >= 0.6 is 39.1 Å². The van der Waals surface area contributed by atoms with Crippen molar-refractivity contribution in [2.45, 2.75) is 36.7 Å². The number of amides is 2. The molecule has 2 aromatic carbocycles. The highest BCUT2D eigenvalue weighted by Gasteiger charge is 2.52. The van der Waals surface area contributed by atoms with Crippen LogP contribution in [-0.2, 0) is 4.79 Å². The summed E-state index contributed by atoms with van der Waals surface area (Å²) in [7, 11) is 0. The molecule has 0 saturated heterocycles. The van der Waals surface area contributed by atoms with E-state index in [-0.39, 0.29) is 38.5 Å². The predicted molar refractivity (Wildman–Crippen MR) is 127 cm³/mol. The zero-order chi connectivity index (χ0) is 26.9. The van der Waals surface area contributed by atoms with Gasteiger partial charge in [0.1, 0.15) is 12.1 Å². The largest absolute Gasteiger partial charge is 0.405 e. The SMILES string of the molecule is O=C(NC1(C(=O)NCC(F)(F)F)CC1)c1ccc(C=CC(c2cc(Cl)cc(Cl)c2)C(F)(F)F)cc1Br. The molecule has 0 heterocycles. The molecule has 36 heavy (non-hydrogen) atoms. The monoisotopic (exact) mass is 616 g/mol. The van der Waals surface area contributed by atoms with E-state index in [1.54, 1.807) is 5.32 Å². The Hall–Kier alpha value is -2.24. The summed E-state index contributed by atoms with van der Waals surface area (Å²) in [5.74, 6) is -3.66. The van der Waals surface area contributed by atoms with Gasteiger partial charge in [0, 0.05) is 14.5 Å². The fraction of sp³-hybridized carbons (Fsp3) is 0.304. The molecule has 1 atom stereocenters. The number of benzene rings is 2. The van der Waals surface area contributed by atoms with Crippen molar-refractivity contribution in [2.24, 2.45) is 0 Å². The van der Waals surface area contributed by atoms with E-state index in [2.05, 4.69) is 21.2 Å². The number of carbonyl (C=O) groups excluding carboxylic acids is 2. The quantitative estimate of drug-likeness (QED) is 0.327. The van der Waals surface area contributed by atoms with E-state index >= 15 is 0 Å². The highest BCUT2D eigenvalue weighted by molar-refractivity contribution is 9.10. The average Bonchev–Trinajstić information content (AvgIpc) is 3.50. The van der Waals surface area contributed by atoms with E-state index in [1.165, 1.54) is 30.3 Å². The van der Waals surface area contributed by atoms with Crippen LogP contribution in [0.15, 0.2) is 46.9 Å². The van der Waals surface area contributed by atoms with Gasteiger partial charge in [-0.3, -0.25) is 9.59 Å². The topological polar surface area (TPSA) is 58.2 Å². The Kier molecular flexibility index (Phi) is 8.36. The molecule has 0 bridgehead atoms. The number of carbonyl (C=O) groups is 2. The summed E-state index contributed by atoms with van der Waals surface area (Å²) in [6.45, 7) is -1.52. The second-order valence-electron chi connectivity index (χ2n) is 8.15. The molecule has 4 nitrogen and oxygen atoms in total. The Balaban J connectivity index is 1.75. The Morgan fingerprint density at radius 3 is 2.14 bits per heavy atom. The summed E-state index contributed by atoms with van der Waals surface area (Å²) in [5, 5.41) is 4.31. The number of hydrogen-bond donors (Lipinski definition) is 2. The molecule has 0 aliphatic heterocycles. The van der Waals surface area contributed by atoms with Gasteiger partial charge in [-0.2, -0.15) is 26.3 Å². The second-order valence-corrected chi connectivity index (χ2v) is 9.88. The van der Waals surface area contributed by atoms with Crippen molar-refractivity contribution in [1.82, 2.24) is 10.6 Å². The minimum atomic E-state index is -4.63. The Morgan fingerprint density at radius 1 is 1.03 bits per heavy atom. The van der Waals surface area contributed by atoms with Gasteiger partial charge in [-0.1, -0.05) is 41.4 Å². The molecule has 1 aliphatic carbocycles. The van der Waals surface area contributed by atoms with Gasteiger partial charge in [0.15, 0.2) is 0 Å². The number of allylic oxidation sites excluding steroid dienone is 1. The van der Waals surface area contributed by atoms with Crippen LogP contribution in [0.3, 0.4) is 0 Å². The maximum absolute atomic E-state index is 13.7. The standard InChI is InChI=1S/C23H17BrCl2F6N2O2/c24-18-7-12(2-4-17(23(30,31)32)13-8-14(25)10-15(26)9-13)1-3-16(18)19(35)34-21(5-6-21)20(36)33-11-22(27,28)29/h1-4,7-10,17H,5-6,11H2,(H,33,36)(H,34,35). The van der Waals surface area contributed by atoms with Crippen molar-refractivity contribution in [1.29, 1.82) is 0 Å². The Bertz CT molecular complexity index is 1180. The zero-order valence-corrected chi connectivity index (χ0v) is 21.1. The van der Waals surface area contributed by atoms with E-state index in [1.807, 2.05) is 0 Å². The van der Waals surface area contributed by atoms with Crippen molar-refractivity contribution in [3.05, 3.63) is 73.7 Å². The first-order chi connectivity index (χ1) is 16.6. The van der Waals surface area contributed by atoms with Crippen molar-refractivity contribution < 1.29 is 35.9 Å². The molecule has 0 aromatic heterocycles. The van der Waals surface area contributed by atoms with Gasteiger partial charge >= 0.3 is 12.4 Å². The number of hydrogen-bond acceptors (Lipinski definition) is 2. The van der Waals surface area contributed by atoms with Crippen LogP contribution in [0.2, 0.25) is 10.0 Å². The van der Waals surface area contributed by atoms with Crippen LogP contribution in [0.1, 0.15) is 40.2 Å². The maximum atomic E-state index is 13.7. The van der Waals surface area contributed by atoms with Crippen molar-refractivity contribution in [2.75, 3.05) is 6.54 Å². The first kappa shape index (κ1) is 28.3. The third-order valence-electron chi connectivity index (χ3n) is 5.30. The molecule has 1 unspecified atom stereocenters. The lowest BCUT2D eigenvalue weighted by Crippen LogP contribution is -2.50. The van der Waals surface area contributed by atoms with Gasteiger partial charge in [0.05, 0.1) is 11.5 Å². The van der Waals surface area contributed by atoms with Crippen LogP contribution in [0.25, 0.3) is 6.08 Å². The zero-order valence-electron chi connectivity index (χ0n) is 18.0. The van der Waals surface area contributed by atoms with Crippen LogP contribution in [0, 0.1) is 0 Å². The fourth-order valence-corrected chi connectivity index (χ4v) is 4.48. The number of rotatable bonds is 7. The molecular formula is C23H17BrCl2F6N2O2. The van der Waals surface area contributed by atoms with Crippen molar-refractivity contribution >= 4 is 57.0 Å². The lowest BCUT2D eigenvalue weighted by atomic mass is 9.97. The molecule has 0 spiro atoms. The molecule has 2 amide bonds. The lowest BCUT2D eigenvalue weighted by Gasteiger charge is -2.19. The van der Waals surface area contributed by atoms with Gasteiger partial charge in [-0.25, -0.2) is 0 Å². The normalized spacial score (nSPS) is 16.0. The summed E-state index contributed by atoms with van der Waals surface area (Å²) in [6.07, 6.45) is -6.74. The second kappa shape index (κ2) is 10.6. The highest BCUT2D eigenvalue weighted by Crippen LogP contribution is 2.39.